The van der Waals surface area contributed by atoms with Crippen molar-refractivity contribution in [3.8, 4) is 0 Å². The number of rotatable bonds is 6. The molecule has 0 aliphatic rings. The number of benzene rings is 2. The second-order valence-electron chi connectivity index (χ2n) is 5.34. The molecule has 0 radical (unpaired) electrons. The van der Waals surface area contributed by atoms with Gasteiger partial charge in [-0.25, -0.2) is 8.42 Å². The summed E-state index contributed by atoms with van der Waals surface area (Å²) in [6.07, 6.45) is 0. The number of amides is 1. The summed E-state index contributed by atoms with van der Waals surface area (Å²) in [5.74, 6) is -0.619. The van der Waals surface area contributed by atoms with E-state index in [1.807, 2.05) is 4.72 Å². The second kappa shape index (κ2) is 7.71. The Balaban J connectivity index is 2.48. The molecule has 0 aliphatic heterocycles. The minimum absolute atomic E-state index is 0.264. The third-order valence-electron chi connectivity index (χ3n) is 3.25. The molecule has 0 saturated carbocycles. The normalized spacial score (nSPS) is 11.7. The van der Waals surface area contributed by atoms with Crippen LogP contribution < -0.4 is 10.0 Å². The van der Waals surface area contributed by atoms with Gasteiger partial charge >= 0.3 is 0 Å². The summed E-state index contributed by atoms with van der Waals surface area (Å²) in [5, 5.41) is 12.8. The zero-order valence-electron chi connectivity index (χ0n) is 13.9. The van der Waals surface area contributed by atoms with Gasteiger partial charge in [0.15, 0.2) is 0 Å². The molecule has 14 heteroatoms. The third kappa shape index (κ3) is 4.95. The molecule has 0 aromatic heterocycles. The number of carbonyl (C=O) groups is 1. The van der Waals surface area contributed by atoms with Gasteiger partial charge in [-0.15, -0.1) is 0 Å². The van der Waals surface area contributed by atoms with Crippen molar-refractivity contribution in [3.05, 3.63) is 51.5 Å². The molecule has 3 N–H and O–H groups in total. The molecule has 0 fully saturated rings. The maximum Gasteiger partial charge on any atom is 0.296 e. The molecule has 0 unspecified atom stereocenters. The Morgan fingerprint density at radius 3 is 2.32 bits per heavy atom. The highest BCUT2D eigenvalue weighted by Crippen LogP contribution is 2.30. The van der Waals surface area contributed by atoms with Crippen molar-refractivity contribution in [2.75, 3.05) is 10.0 Å². The standard InChI is InChI=1S/C14H12ClN3O8S2/c1-8(19)16-12-5-2-9(6-14(12)28(24,25)26)17-27(22,23)10-3-4-11(15)13(7-10)18(20)21/h2-7,17H,1H3,(H,16,19)(H,24,25,26). The SMILES string of the molecule is CC(=O)Nc1ccc(NS(=O)(=O)c2ccc(Cl)c([N+](=O)[O-])c2)cc1S(=O)(=O)O. The predicted octanol–water partition coefficient (Wildman–Crippen LogP) is 2.25. The molecule has 2 aromatic rings. The van der Waals surface area contributed by atoms with E-state index in [9.17, 15) is 36.3 Å². The smallest absolute Gasteiger partial charge is 0.296 e. The lowest BCUT2D eigenvalue weighted by atomic mass is 10.3. The van der Waals surface area contributed by atoms with Crippen LogP contribution in [0.4, 0.5) is 17.1 Å². The Morgan fingerprint density at radius 2 is 1.79 bits per heavy atom. The summed E-state index contributed by atoms with van der Waals surface area (Å²) in [4.78, 5) is 20.0. The highest BCUT2D eigenvalue weighted by atomic mass is 35.5. The van der Waals surface area contributed by atoms with E-state index in [-0.39, 0.29) is 16.4 Å². The quantitative estimate of drug-likeness (QED) is 0.342. The van der Waals surface area contributed by atoms with Crippen LogP contribution in [0.3, 0.4) is 0 Å². The molecular formula is C14H12ClN3O8S2. The van der Waals surface area contributed by atoms with Gasteiger partial charge in [-0.2, -0.15) is 8.42 Å². The maximum atomic E-state index is 12.5. The minimum atomic E-state index is -4.80. The van der Waals surface area contributed by atoms with Crippen LogP contribution in [0.5, 0.6) is 0 Å². The average molecular weight is 450 g/mol. The van der Waals surface area contributed by atoms with E-state index in [0.29, 0.717) is 0 Å². The lowest BCUT2D eigenvalue weighted by Crippen LogP contribution is -2.15. The van der Waals surface area contributed by atoms with Crippen molar-refractivity contribution in [3.63, 3.8) is 0 Å². The number of nitro groups is 1. The predicted molar refractivity (Wildman–Crippen MR) is 99.5 cm³/mol. The van der Waals surface area contributed by atoms with Crippen molar-refractivity contribution >= 4 is 54.7 Å². The van der Waals surface area contributed by atoms with Gasteiger partial charge in [0, 0.05) is 13.0 Å². The summed E-state index contributed by atoms with van der Waals surface area (Å²) in [6.45, 7) is 1.11. The van der Waals surface area contributed by atoms with Crippen LogP contribution in [0.1, 0.15) is 6.92 Å². The summed E-state index contributed by atoms with van der Waals surface area (Å²) in [6, 6.07) is 5.75. The van der Waals surface area contributed by atoms with Crippen LogP contribution in [0.15, 0.2) is 46.2 Å². The average Bonchev–Trinajstić information content (AvgIpc) is 2.54. The van der Waals surface area contributed by atoms with Crippen LogP contribution in [0.2, 0.25) is 5.02 Å². The first-order valence-electron chi connectivity index (χ1n) is 7.17. The van der Waals surface area contributed by atoms with Gasteiger partial charge in [-0.1, -0.05) is 11.6 Å². The highest BCUT2D eigenvalue weighted by Gasteiger charge is 2.23. The van der Waals surface area contributed by atoms with E-state index < -0.39 is 46.5 Å². The van der Waals surface area contributed by atoms with Crippen LogP contribution in [-0.2, 0) is 24.9 Å². The van der Waals surface area contributed by atoms with Crippen LogP contribution in [0.25, 0.3) is 0 Å². The molecule has 0 heterocycles. The molecule has 2 aromatic carbocycles. The molecule has 2 rings (SSSR count). The van der Waals surface area contributed by atoms with Crippen LogP contribution >= 0.6 is 11.6 Å². The molecule has 1 amide bonds. The van der Waals surface area contributed by atoms with Gasteiger partial charge in [0.25, 0.3) is 25.8 Å². The number of hydrogen-bond donors (Lipinski definition) is 3. The van der Waals surface area contributed by atoms with Crippen LogP contribution in [0, 0.1) is 10.1 Å². The first kappa shape index (κ1) is 21.6. The molecule has 0 saturated heterocycles. The number of nitrogens with one attached hydrogen (secondary N) is 2. The molecule has 0 aliphatic carbocycles. The van der Waals surface area contributed by atoms with Crippen molar-refractivity contribution < 1.29 is 31.1 Å². The molecule has 0 bridgehead atoms. The first-order valence-corrected chi connectivity index (χ1v) is 10.5. The Bertz CT molecular complexity index is 1180. The third-order valence-corrected chi connectivity index (χ3v) is 5.84. The molecule has 150 valence electrons. The highest BCUT2D eigenvalue weighted by molar-refractivity contribution is 7.92. The molecule has 11 nitrogen and oxygen atoms in total. The fraction of sp³-hybridized carbons (Fsp3) is 0.0714. The number of nitrogens with zero attached hydrogens (tertiary/aromatic N) is 1. The molecule has 0 atom stereocenters. The summed E-state index contributed by atoms with van der Waals surface area (Å²) >= 11 is 5.65. The summed E-state index contributed by atoms with van der Waals surface area (Å²) < 4.78 is 59.3. The van der Waals surface area contributed by atoms with Crippen molar-refractivity contribution in [2.24, 2.45) is 0 Å². The molecule has 28 heavy (non-hydrogen) atoms. The van der Waals surface area contributed by atoms with E-state index in [4.69, 9.17) is 11.6 Å². The first-order chi connectivity index (χ1) is 12.8. The Kier molecular flexibility index (Phi) is 5.94. The summed E-state index contributed by atoms with van der Waals surface area (Å²) in [5.41, 5.74) is -1.18. The number of carbonyl (C=O) groups excluding carboxylic acids is 1. The number of sulfonamides is 1. The van der Waals surface area contributed by atoms with Crippen molar-refractivity contribution in [2.45, 2.75) is 16.7 Å². The van der Waals surface area contributed by atoms with E-state index in [0.717, 1.165) is 43.3 Å². The Labute approximate surface area is 164 Å². The monoisotopic (exact) mass is 449 g/mol. The van der Waals surface area contributed by atoms with Gasteiger partial charge in [0.05, 0.1) is 21.2 Å². The number of nitro benzene ring substituents is 1. The zero-order chi connectivity index (χ0) is 21.3. The maximum absolute atomic E-state index is 12.5. The second-order valence-corrected chi connectivity index (χ2v) is 8.82. The topological polar surface area (TPSA) is 173 Å². The van der Waals surface area contributed by atoms with E-state index in [1.54, 1.807) is 0 Å². The van der Waals surface area contributed by atoms with E-state index in [2.05, 4.69) is 5.32 Å². The zero-order valence-corrected chi connectivity index (χ0v) is 16.3. The molecular weight excluding hydrogens is 438 g/mol. The van der Waals surface area contributed by atoms with Crippen molar-refractivity contribution in [1.29, 1.82) is 0 Å². The number of anilines is 2. The fourth-order valence-electron chi connectivity index (χ4n) is 2.11. The molecule has 0 spiro atoms. The fourth-order valence-corrected chi connectivity index (χ4v) is 4.03. The van der Waals surface area contributed by atoms with Gasteiger partial charge in [-0.3, -0.25) is 24.2 Å². The van der Waals surface area contributed by atoms with Gasteiger partial charge in [0.2, 0.25) is 5.91 Å². The van der Waals surface area contributed by atoms with E-state index in [1.165, 1.54) is 0 Å². The number of hydrogen-bond acceptors (Lipinski definition) is 7. The summed E-state index contributed by atoms with van der Waals surface area (Å²) in [7, 11) is -9.16. The van der Waals surface area contributed by atoms with Crippen molar-refractivity contribution in [1.82, 2.24) is 0 Å². The lowest BCUT2D eigenvalue weighted by Gasteiger charge is -2.12. The van der Waals surface area contributed by atoms with Gasteiger partial charge < -0.3 is 5.32 Å². The lowest BCUT2D eigenvalue weighted by molar-refractivity contribution is -0.384. The Hall–Kier alpha value is -2.74. The minimum Gasteiger partial charge on any atom is -0.325 e. The Morgan fingerprint density at radius 1 is 1.14 bits per heavy atom. The van der Waals surface area contributed by atoms with Crippen LogP contribution in [-0.4, -0.2) is 32.2 Å². The van der Waals surface area contributed by atoms with Gasteiger partial charge in [0.1, 0.15) is 9.92 Å². The number of halogens is 1. The van der Waals surface area contributed by atoms with Gasteiger partial charge in [-0.05, 0) is 30.3 Å². The van der Waals surface area contributed by atoms with E-state index >= 15 is 0 Å². The largest absolute Gasteiger partial charge is 0.325 e.